The Bertz CT molecular complexity index is 668. The van der Waals surface area contributed by atoms with Gasteiger partial charge in [-0.25, -0.2) is 8.42 Å². The third kappa shape index (κ3) is 3.36. The Labute approximate surface area is 124 Å². The molecule has 0 spiro atoms. The number of ether oxygens (including phenoxy) is 1. The number of hydrogen-bond donors (Lipinski definition) is 1. The first-order valence-corrected chi connectivity index (χ1v) is 8.51. The molecule has 0 saturated carbocycles. The van der Waals surface area contributed by atoms with Gasteiger partial charge in [-0.3, -0.25) is 4.79 Å². The summed E-state index contributed by atoms with van der Waals surface area (Å²) in [5.41, 5.74) is 5.83. The molecule has 7 heteroatoms. The van der Waals surface area contributed by atoms with E-state index in [0.717, 1.165) is 6.26 Å². The molecule has 0 atom stereocenters. The van der Waals surface area contributed by atoms with E-state index in [4.69, 9.17) is 10.5 Å². The number of carbonyl (C=O) groups excluding carboxylic acids is 1. The zero-order chi connectivity index (χ0) is 15.8. The SMILES string of the molecule is CC1(C)COCCN1C(=O)c1cc(N)cc(S(C)(=O)=O)c1. The molecule has 0 unspecified atom stereocenters. The molecular weight excluding hydrogens is 292 g/mol. The van der Waals surface area contributed by atoms with Gasteiger partial charge in [-0.15, -0.1) is 0 Å². The summed E-state index contributed by atoms with van der Waals surface area (Å²) in [4.78, 5) is 14.4. The molecule has 1 aliphatic rings. The normalized spacial score (nSPS) is 18.5. The average molecular weight is 312 g/mol. The molecule has 1 amide bonds. The summed E-state index contributed by atoms with van der Waals surface area (Å²) in [5, 5.41) is 0. The monoisotopic (exact) mass is 312 g/mol. The van der Waals surface area contributed by atoms with Gasteiger partial charge >= 0.3 is 0 Å². The molecule has 1 aromatic carbocycles. The van der Waals surface area contributed by atoms with Crippen LogP contribution in [0.25, 0.3) is 0 Å². The Morgan fingerprint density at radius 1 is 1.33 bits per heavy atom. The number of amides is 1. The maximum Gasteiger partial charge on any atom is 0.254 e. The molecule has 1 saturated heterocycles. The second-order valence-electron chi connectivity index (χ2n) is 5.88. The third-order valence-corrected chi connectivity index (χ3v) is 4.59. The van der Waals surface area contributed by atoms with Crippen LogP contribution >= 0.6 is 0 Å². The largest absolute Gasteiger partial charge is 0.399 e. The molecule has 1 aliphatic heterocycles. The molecule has 2 rings (SSSR count). The van der Waals surface area contributed by atoms with Crippen LogP contribution in [-0.2, 0) is 14.6 Å². The van der Waals surface area contributed by atoms with Crippen molar-refractivity contribution in [3.63, 3.8) is 0 Å². The highest BCUT2D eigenvalue weighted by Crippen LogP contribution is 2.24. The van der Waals surface area contributed by atoms with E-state index in [1.807, 2.05) is 13.8 Å². The van der Waals surface area contributed by atoms with E-state index in [2.05, 4.69) is 0 Å². The van der Waals surface area contributed by atoms with Gasteiger partial charge in [0.1, 0.15) is 0 Å². The van der Waals surface area contributed by atoms with Gasteiger partial charge in [0.15, 0.2) is 9.84 Å². The van der Waals surface area contributed by atoms with Crippen molar-refractivity contribution in [3.05, 3.63) is 23.8 Å². The van der Waals surface area contributed by atoms with Gasteiger partial charge in [0.05, 0.1) is 23.6 Å². The van der Waals surface area contributed by atoms with Crippen molar-refractivity contribution in [2.24, 2.45) is 0 Å². The molecule has 1 heterocycles. The van der Waals surface area contributed by atoms with Crippen LogP contribution in [0.4, 0.5) is 5.69 Å². The Balaban J connectivity index is 2.42. The summed E-state index contributed by atoms with van der Waals surface area (Å²) >= 11 is 0. The van der Waals surface area contributed by atoms with Crippen molar-refractivity contribution in [2.45, 2.75) is 24.3 Å². The maximum atomic E-state index is 12.7. The Morgan fingerprint density at radius 2 is 2.00 bits per heavy atom. The van der Waals surface area contributed by atoms with Crippen LogP contribution in [0.15, 0.2) is 23.1 Å². The summed E-state index contributed by atoms with van der Waals surface area (Å²) in [6.07, 6.45) is 1.09. The van der Waals surface area contributed by atoms with E-state index in [0.29, 0.717) is 19.8 Å². The molecule has 116 valence electrons. The fourth-order valence-corrected chi connectivity index (χ4v) is 3.04. The van der Waals surface area contributed by atoms with E-state index in [1.54, 1.807) is 4.90 Å². The fourth-order valence-electron chi connectivity index (χ4n) is 2.35. The van der Waals surface area contributed by atoms with E-state index in [-0.39, 0.29) is 22.1 Å². The van der Waals surface area contributed by atoms with Crippen LogP contribution in [-0.4, -0.2) is 50.8 Å². The molecule has 0 aromatic heterocycles. The lowest BCUT2D eigenvalue weighted by Crippen LogP contribution is -2.55. The van der Waals surface area contributed by atoms with Crippen molar-refractivity contribution in [1.82, 2.24) is 4.90 Å². The lowest BCUT2D eigenvalue weighted by Gasteiger charge is -2.42. The lowest BCUT2D eigenvalue weighted by atomic mass is 10.0. The molecule has 1 aromatic rings. The standard InChI is InChI=1S/C14H20N2O4S/c1-14(2)9-20-5-4-16(14)13(17)10-6-11(15)8-12(7-10)21(3,18)19/h6-8H,4-5,9,15H2,1-3H3. The minimum atomic E-state index is -3.42. The van der Waals surface area contributed by atoms with Crippen molar-refractivity contribution < 1.29 is 17.9 Å². The number of rotatable bonds is 2. The van der Waals surface area contributed by atoms with Gasteiger partial charge in [0.25, 0.3) is 5.91 Å². The number of benzene rings is 1. The highest BCUT2D eigenvalue weighted by Gasteiger charge is 2.34. The second-order valence-corrected chi connectivity index (χ2v) is 7.90. The van der Waals surface area contributed by atoms with Gasteiger partial charge in [-0.2, -0.15) is 0 Å². The first kappa shape index (κ1) is 15.8. The number of nitrogens with zero attached hydrogens (tertiary/aromatic N) is 1. The number of anilines is 1. The van der Waals surface area contributed by atoms with E-state index >= 15 is 0 Å². The first-order chi connectivity index (χ1) is 9.61. The number of nitrogens with two attached hydrogens (primary N) is 1. The molecule has 0 bridgehead atoms. The van der Waals surface area contributed by atoms with Crippen molar-refractivity contribution >= 4 is 21.4 Å². The van der Waals surface area contributed by atoms with Crippen molar-refractivity contribution in [3.8, 4) is 0 Å². The minimum absolute atomic E-state index is 0.0527. The summed E-state index contributed by atoms with van der Waals surface area (Å²) in [5.74, 6) is -0.236. The smallest absolute Gasteiger partial charge is 0.254 e. The van der Waals surface area contributed by atoms with E-state index in [1.165, 1.54) is 18.2 Å². The minimum Gasteiger partial charge on any atom is -0.399 e. The number of sulfone groups is 1. The molecule has 1 fully saturated rings. The number of morpholine rings is 1. The summed E-state index contributed by atoms with van der Waals surface area (Å²) in [7, 11) is -3.42. The topological polar surface area (TPSA) is 89.7 Å². The molecule has 21 heavy (non-hydrogen) atoms. The number of nitrogen functional groups attached to an aromatic ring is 1. The third-order valence-electron chi connectivity index (χ3n) is 3.49. The quantitative estimate of drug-likeness (QED) is 0.820. The van der Waals surface area contributed by atoms with Crippen LogP contribution in [0.2, 0.25) is 0 Å². The number of hydrogen-bond acceptors (Lipinski definition) is 5. The average Bonchev–Trinajstić information content (AvgIpc) is 2.35. The number of carbonyl (C=O) groups is 1. The van der Waals surface area contributed by atoms with Crippen molar-refractivity contribution in [1.29, 1.82) is 0 Å². The maximum absolute atomic E-state index is 12.7. The van der Waals surface area contributed by atoms with Crippen LogP contribution < -0.4 is 5.73 Å². The van der Waals surface area contributed by atoms with Crippen LogP contribution in [0.5, 0.6) is 0 Å². The summed E-state index contributed by atoms with van der Waals surface area (Å²) in [6, 6.07) is 4.23. The van der Waals surface area contributed by atoms with Crippen LogP contribution in [0, 0.1) is 0 Å². The van der Waals surface area contributed by atoms with Gasteiger partial charge < -0.3 is 15.4 Å². The Hall–Kier alpha value is -1.60. The van der Waals surface area contributed by atoms with Gasteiger partial charge in [0.2, 0.25) is 0 Å². The molecule has 0 radical (unpaired) electrons. The zero-order valence-corrected chi connectivity index (χ0v) is 13.2. The molecule has 2 N–H and O–H groups in total. The zero-order valence-electron chi connectivity index (χ0n) is 12.4. The van der Waals surface area contributed by atoms with Crippen LogP contribution in [0.3, 0.4) is 0 Å². The predicted molar refractivity (Wildman–Crippen MR) is 79.9 cm³/mol. The predicted octanol–water partition coefficient (Wildman–Crippen LogP) is 0.923. The molecular formula is C14H20N2O4S. The highest BCUT2D eigenvalue weighted by atomic mass is 32.2. The highest BCUT2D eigenvalue weighted by molar-refractivity contribution is 7.90. The van der Waals surface area contributed by atoms with E-state index < -0.39 is 15.4 Å². The second kappa shape index (κ2) is 5.31. The van der Waals surface area contributed by atoms with E-state index in [9.17, 15) is 13.2 Å². The first-order valence-electron chi connectivity index (χ1n) is 6.61. The Kier molecular flexibility index (Phi) is 3.99. The molecule has 0 aliphatic carbocycles. The van der Waals surface area contributed by atoms with Gasteiger partial charge in [-0.05, 0) is 32.0 Å². The van der Waals surface area contributed by atoms with Gasteiger partial charge in [0, 0.05) is 24.1 Å². The van der Waals surface area contributed by atoms with Gasteiger partial charge in [-0.1, -0.05) is 0 Å². The lowest BCUT2D eigenvalue weighted by molar-refractivity contribution is -0.0370. The van der Waals surface area contributed by atoms with Crippen LogP contribution in [0.1, 0.15) is 24.2 Å². The fraction of sp³-hybridized carbons (Fsp3) is 0.500. The van der Waals surface area contributed by atoms with Crippen molar-refractivity contribution in [2.75, 3.05) is 31.7 Å². The summed E-state index contributed by atoms with van der Waals surface area (Å²) in [6.45, 7) is 5.20. The Morgan fingerprint density at radius 3 is 2.57 bits per heavy atom. The molecule has 6 nitrogen and oxygen atoms in total. The summed E-state index contributed by atoms with van der Waals surface area (Å²) < 4.78 is 28.7.